The molecule has 0 aliphatic rings. The Hall–Kier alpha value is -1.52. The van der Waals surface area contributed by atoms with E-state index in [0.29, 0.717) is 17.3 Å². The number of nitrogens with zero attached hydrogens (tertiary/aromatic N) is 1. The molecule has 0 spiro atoms. The number of benzene rings is 1. The van der Waals surface area contributed by atoms with Gasteiger partial charge in [-0.1, -0.05) is 11.6 Å². The fraction of sp³-hybridized carbons (Fsp3) is 0.308. The summed E-state index contributed by atoms with van der Waals surface area (Å²) in [5.74, 6) is 0.663. The zero-order valence-electron chi connectivity index (χ0n) is 10.5. The Labute approximate surface area is 111 Å². The van der Waals surface area contributed by atoms with Crippen LogP contribution in [0, 0.1) is 6.92 Å². The van der Waals surface area contributed by atoms with Gasteiger partial charge >= 0.3 is 0 Å². The summed E-state index contributed by atoms with van der Waals surface area (Å²) < 4.78 is 5.13. The summed E-state index contributed by atoms with van der Waals surface area (Å²) in [7, 11) is 1.60. The first-order valence-corrected chi connectivity index (χ1v) is 6.13. The van der Waals surface area contributed by atoms with Crippen molar-refractivity contribution < 1.29 is 4.74 Å². The number of rotatable bonds is 4. The van der Waals surface area contributed by atoms with Crippen molar-refractivity contribution >= 4 is 11.6 Å². The van der Waals surface area contributed by atoms with Gasteiger partial charge in [-0.05, 0) is 37.2 Å². The van der Waals surface area contributed by atoms with E-state index >= 15 is 0 Å². The van der Waals surface area contributed by atoms with E-state index in [0.717, 1.165) is 28.9 Å². The molecule has 1 heterocycles. The molecule has 4 nitrogen and oxygen atoms in total. The highest BCUT2D eigenvalue weighted by Crippen LogP contribution is 2.31. The van der Waals surface area contributed by atoms with E-state index in [-0.39, 0.29) is 0 Å². The predicted octanol–water partition coefficient (Wildman–Crippen LogP) is 2.55. The van der Waals surface area contributed by atoms with E-state index in [9.17, 15) is 0 Å². The second-order valence-corrected chi connectivity index (χ2v) is 4.47. The molecule has 2 aromatic rings. The molecule has 0 radical (unpaired) electrons. The number of nitrogens with one attached hydrogen (secondary N) is 1. The lowest BCUT2D eigenvalue weighted by molar-refractivity contribution is 0.415. The lowest BCUT2D eigenvalue weighted by atomic mass is 10.1. The van der Waals surface area contributed by atoms with Crippen molar-refractivity contribution in [3.05, 3.63) is 34.5 Å². The van der Waals surface area contributed by atoms with Gasteiger partial charge in [-0.15, -0.1) is 0 Å². The van der Waals surface area contributed by atoms with Crippen LogP contribution in [0.4, 0.5) is 0 Å². The van der Waals surface area contributed by atoms with Crippen molar-refractivity contribution in [2.24, 2.45) is 5.73 Å². The minimum absolute atomic E-state index is 0.581. The normalized spacial score (nSPS) is 10.7. The maximum atomic E-state index is 6.12. The molecule has 0 saturated carbocycles. The van der Waals surface area contributed by atoms with Crippen LogP contribution in [-0.4, -0.2) is 23.9 Å². The minimum Gasteiger partial charge on any atom is -0.495 e. The van der Waals surface area contributed by atoms with Gasteiger partial charge in [-0.2, -0.15) is 5.10 Å². The van der Waals surface area contributed by atoms with Crippen LogP contribution in [0.1, 0.15) is 11.3 Å². The van der Waals surface area contributed by atoms with Crippen LogP contribution in [0.3, 0.4) is 0 Å². The third-order valence-corrected chi connectivity index (χ3v) is 3.23. The van der Waals surface area contributed by atoms with Gasteiger partial charge in [0, 0.05) is 17.7 Å². The molecular formula is C13H16ClN3O. The van der Waals surface area contributed by atoms with Crippen LogP contribution in [0.15, 0.2) is 18.2 Å². The van der Waals surface area contributed by atoms with Crippen LogP contribution in [0.2, 0.25) is 5.02 Å². The lowest BCUT2D eigenvalue weighted by Gasteiger charge is -2.05. The van der Waals surface area contributed by atoms with Crippen LogP contribution in [0.5, 0.6) is 5.75 Å². The first-order chi connectivity index (χ1) is 8.67. The Morgan fingerprint density at radius 1 is 1.44 bits per heavy atom. The van der Waals surface area contributed by atoms with Crippen LogP contribution in [-0.2, 0) is 6.42 Å². The highest BCUT2D eigenvalue weighted by molar-refractivity contribution is 6.32. The Morgan fingerprint density at radius 2 is 2.22 bits per heavy atom. The largest absolute Gasteiger partial charge is 0.495 e. The Kier molecular flexibility index (Phi) is 3.89. The molecule has 0 bridgehead atoms. The molecule has 0 aliphatic heterocycles. The van der Waals surface area contributed by atoms with Crippen molar-refractivity contribution in [3.8, 4) is 17.0 Å². The van der Waals surface area contributed by atoms with E-state index in [1.54, 1.807) is 7.11 Å². The van der Waals surface area contributed by atoms with Gasteiger partial charge in [0.1, 0.15) is 5.75 Å². The first-order valence-electron chi connectivity index (χ1n) is 5.75. The highest BCUT2D eigenvalue weighted by Gasteiger charge is 2.12. The fourth-order valence-corrected chi connectivity index (χ4v) is 2.17. The number of hydrogen-bond acceptors (Lipinski definition) is 3. The van der Waals surface area contributed by atoms with Crippen molar-refractivity contribution in [2.75, 3.05) is 13.7 Å². The maximum absolute atomic E-state index is 6.12. The fourth-order valence-electron chi connectivity index (χ4n) is 1.92. The number of hydrogen-bond donors (Lipinski definition) is 2. The van der Waals surface area contributed by atoms with Gasteiger partial charge < -0.3 is 10.5 Å². The second kappa shape index (κ2) is 5.42. The molecule has 0 unspecified atom stereocenters. The third-order valence-electron chi connectivity index (χ3n) is 2.93. The number of aromatic nitrogens is 2. The number of H-pyrrole nitrogens is 1. The highest BCUT2D eigenvalue weighted by atomic mass is 35.5. The molecule has 0 amide bonds. The van der Waals surface area contributed by atoms with Crippen molar-refractivity contribution in [3.63, 3.8) is 0 Å². The molecule has 96 valence electrons. The van der Waals surface area contributed by atoms with Crippen LogP contribution in [0.25, 0.3) is 11.3 Å². The number of ether oxygens (including phenoxy) is 1. The zero-order chi connectivity index (χ0) is 13.1. The van der Waals surface area contributed by atoms with Crippen molar-refractivity contribution in [1.82, 2.24) is 10.2 Å². The molecule has 3 N–H and O–H groups in total. The third kappa shape index (κ3) is 2.35. The molecule has 5 heteroatoms. The molecular weight excluding hydrogens is 250 g/mol. The molecule has 1 aromatic carbocycles. The van der Waals surface area contributed by atoms with Gasteiger partial charge in [0.05, 0.1) is 17.8 Å². The van der Waals surface area contributed by atoms with Crippen LogP contribution < -0.4 is 10.5 Å². The summed E-state index contributed by atoms with van der Waals surface area (Å²) in [5, 5.41) is 7.92. The average molecular weight is 266 g/mol. The van der Waals surface area contributed by atoms with Gasteiger partial charge in [-0.3, -0.25) is 5.10 Å². The molecule has 0 atom stereocenters. The van der Waals surface area contributed by atoms with Gasteiger partial charge in [0.2, 0.25) is 0 Å². The van der Waals surface area contributed by atoms with E-state index in [1.165, 1.54) is 0 Å². The van der Waals surface area contributed by atoms with E-state index in [4.69, 9.17) is 22.1 Å². The first kappa shape index (κ1) is 12.9. The van der Waals surface area contributed by atoms with Gasteiger partial charge in [0.15, 0.2) is 0 Å². The molecule has 18 heavy (non-hydrogen) atoms. The summed E-state index contributed by atoms with van der Waals surface area (Å²) in [6, 6.07) is 5.64. The number of aromatic amines is 1. The number of methoxy groups -OCH3 is 1. The average Bonchev–Trinajstić information content (AvgIpc) is 2.72. The topological polar surface area (TPSA) is 63.9 Å². The van der Waals surface area contributed by atoms with Gasteiger partial charge in [-0.25, -0.2) is 0 Å². The monoisotopic (exact) mass is 265 g/mol. The molecule has 0 saturated heterocycles. The SMILES string of the molecule is COc1ccc(-c2n[nH]c(CCN)c2C)cc1Cl. The summed E-state index contributed by atoms with van der Waals surface area (Å²) in [6.07, 6.45) is 0.794. The summed E-state index contributed by atoms with van der Waals surface area (Å²) in [5.41, 5.74) is 9.61. The minimum atomic E-state index is 0.581. The van der Waals surface area contributed by atoms with Crippen molar-refractivity contribution in [2.45, 2.75) is 13.3 Å². The van der Waals surface area contributed by atoms with Crippen LogP contribution >= 0.6 is 11.6 Å². The maximum Gasteiger partial charge on any atom is 0.137 e. The quantitative estimate of drug-likeness (QED) is 0.893. The summed E-state index contributed by atoms with van der Waals surface area (Å²) in [4.78, 5) is 0. The zero-order valence-corrected chi connectivity index (χ0v) is 11.2. The molecule has 1 aromatic heterocycles. The Bertz CT molecular complexity index is 551. The number of nitrogens with two attached hydrogens (primary N) is 1. The lowest BCUT2D eigenvalue weighted by Crippen LogP contribution is -2.03. The molecule has 2 rings (SSSR count). The van der Waals surface area contributed by atoms with Crippen molar-refractivity contribution in [1.29, 1.82) is 0 Å². The smallest absolute Gasteiger partial charge is 0.137 e. The van der Waals surface area contributed by atoms with E-state index in [1.807, 2.05) is 25.1 Å². The molecule has 0 aliphatic carbocycles. The Balaban J connectivity index is 2.39. The summed E-state index contributed by atoms with van der Waals surface area (Å²) in [6.45, 7) is 2.63. The van der Waals surface area contributed by atoms with Gasteiger partial charge in [0.25, 0.3) is 0 Å². The van der Waals surface area contributed by atoms with E-state index in [2.05, 4.69) is 10.2 Å². The predicted molar refractivity (Wildman–Crippen MR) is 73.1 cm³/mol. The standard InChI is InChI=1S/C13H16ClN3O/c1-8-11(5-6-15)16-17-13(8)9-3-4-12(18-2)10(14)7-9/h3-4,7H,5-6,15H2,1-2H3,(H,16,17). The number of halogens is 1. The Morgan fingerprint density at radius 3 is 2.83 bits per heavy atom. The second-order valence-electron chi connectivity index (χ2n) is 4.06. The summed E-state index contributed by atoms with van der Waals surface area (Å²) >= 11 is 6.12. The van der Waals surface area contributed by atoms with E-state index < -0.39 is 0 Å². The molecule has 0 fully saturated rings.